The van der Waals surface area contributed by atoms with Gasteiger partial charge in [0.05, 0.1) is 6.61 Å². The maximum absolute atomic E-state index is 10.6. The van der Waals surface area contributed by atoms with Crippen molar-refractivity contribution in [3.05, 3.63) is 29.8 Å². The van der Waals surface area contributed by atoms with E-state index in [0.717, 1.165) is 24.2 Å². The van der Waals surface area contributed by atoms with Crippen LogP contribution in [0, 0.1) is 0 Å². The minimum Gasteiger partial charge on any atom is -0.494 e. The molecule has 0 fully saturated rings. The van der Waals surface area contributed by atoms with Crippen molar-refractivity contribution in [2.24, 2.45) is 11.5 Å². The molecule has 1 aromatic carbocycles. The molecule has 18 heavy (non-hydrogen) atoms. The van der Waals surface area contributed by atoms with E-state index in [1.54, 1.807) is 0 Å². The Morgan fingerprint density at radius 1 is 1.28 bits per heavy atom. The van der Waals surface area contributed by atoms with Crippen molar-refractivity contribution in [3.8, 4) is 5.75 Å². The fraction of sp³-hybridized carbons (Fsp3) is 0.462. The van der Waals surface area contributed by atoms with E-state index in [9.17, 15) is 4.79 Å². The summed E-state index contributed by atoms with van der Waals surface area (Å²) in [5.41, 5.74) is 11.7. The topological polar surface area (TPSA) is 98.6 Å². The van der Waals surface area contributed by atoms with Gasteiger partial charge in [0, 0.05) is 0 Å². The molecule has 1 rings (SSSR count). The molecule has 0 aliphatic rings. The number of nitrogens with two attached hydrogens (primary N) is 2. The summed E-state index contributed by atoms with van der Waals surface area (Å²) in [6, 6.07) is 6.46. The highest BCUT2D eigenvalue weighted by molar-refractivity contribution is 5.73. The molecule has 1 atom stereocenters. The SMILES string of the molecule is NCCCCOc1ccc(C[C@@H](N)C(=O)O)cc1. The van der Waals surface area contributed by atoms with Gasteiger partial charge in [0.1, 0.15) is 11.8 Å². The van der Waals surface area contributed by atoms with Gasteiger partial charge in [0.15, 0.2) is 0 Å². The molecule has 0 saturated heterocycles. The highest BCUT2D eigenvalue weighted by atomic mass is 16.5. The lowest BCUT2D eigenvalue weighted by Gasteiger charge is -2.08. The first-order valence-electron chi connectivity index (χ1n) is 6.03. The predicted octanol–water partition coefficient (Wildman–Crippen LogP) is 0.759. The third-order valence-corrected chi connectivity index (χ3v) is 2.56. The summed E-state index contributed by atoms with van der Waals surface area (Å²) >= 11 is 0. The van der Waals surface area contributed by atoms with Crippen LogP contribution in [0.3, 0.4) is 0 Å². The lowest BCUT2D eigenvalue weighted by atomic mass is 10.1. The zero-order valence-electron chi connectivity index (χ0n) is 10.3. The van der Waals surface area contributed by atoms with Gasteiger partial charge in [-0.2, -0.15) is 0 Å². The molecule has 0 unspecified atom stereocenters. The number of rotatable bonds is 8. The van der Waals surface area contributed by atoms with Crippen LogP contribution >= 0.6 is 0 Å². The van der Waals surface area contributed by atoms with Gasteiger partial charge in [-0.05, 0) is 43.5 Å². The number of carbonyl (C=O) groups is 1. The number of aliphatic carboxylic acids is 1. The molecule has 5 heteroatoms. The van der Waals surface area contributed by atoms with Crippen LogP contribution in [-0.2, 0) is 11.2 Å². The molecule has 0 heterocycles. The largest absolute Gasteiger partial charge is 0.494 e. The molecule has 0 spiro atoms. The zero-order valence-corrected chi connectivity index (χ0v) is 10.3. The summed E-state index contributed by atoms with van der Waals surface area (Å²) in [6.07, 6.45) is 2.20. The Bertz CT molecular complexity index is 365. The van der Waals surface area contributed by atoms with Crippen molar-refractivity contribution in [1.82, 2.24) is 0 Å². The molecule has 0 radical (unpaired) electrons. The fourth-order valence-electron chi connectivity index (χ4n) is 1.50. The Balaban J connectivity index is 2.40. The molecule has 0 aliphatic heterocycles. The molecule has 0 bridgehead atoms. The number of hydrogen-bond acceptors (Lipinski definition) is 4. The fourth-order valence-corrected chi connectivity index (χ4v) is 1.50. The van der Waals surface area contributed by atoms with Crippen molar-refractivity contribution in [2.45, 2.75) is 25.3 Å². The van der Waals surface area contributed by atoms with Gasteiger partial charge in [-0.15, -0.1) is 0 Å². The smallest absolute Gasteiger partial charge is 0.320 e. The zero-order chi connectivity index (χ0) is 13.4. The van der Waals surface area contributed by atoms with Crippen LogP contribution in [-0.4, -0.2) is 30.3 Å². The summed E-state index contributed by atoms with van der Waals surface area (Å²) in [6.45, 7) is 1.32. The van der Waals surface area contributed by atoms with Gasteiger partial charge in [0.25, 0.3) is 0 Å². The number of carboxylic acid groups (broad SMARTS) is 1. The quantitative estimate of drug-likeness (QED) is 0.593. The molecule has 1 aromatic rings. The predicted molar refractivity (Wildman–Crippen MR) is 69.5 cm³/mol. The lowest BCUT2D eigenvalue weighted by Crippen LogP contribution is -2.32. The Hall–Kier alpha value is -1.59. The number of benzene rings is 1. The molecule has 0 amide bonds. The Kier molecular flexibility index (Phi) is 6.18. The van der Waals surface area contributed by atoms with Crippen LogP contribution in [0.4, 0.5) is 0 Å². The lowest BCUT2D eigenvalue weighted by molar-refractivity contribution is -0.138. The molecule has 0 aliphatic carbocycles. The number of hydrogen-bond donors (Lipinski definition) is 3. The Labute approximate surface area is 107 Å². The monoisotopic (exact) mass is 252 g/mol. The molecule has 100 valence electrons. The third kappa shape index (κ3) is 5.16. The molecule has 5 nitrogen and oxygen atoms in total. The second-order valence-corrected chi connectivity index (χ2v) is 4.14. The van der Waals surface area contributed by atoms with Crippen molar-refractivity contribution in [1.29, 1.82) is 0 Å². The molecular formula is C13H20N2O3. The van der Waals surface area contributed by atoms with Crippen molar-refractivity contribution in [2.75, 3.05) is 13.2 Å². The second-order valence-electron chi connectivity index (χ2n) is 4.14. The van der Waals surface area contributed by atoms with E-state index in [2.05, 4.69) is 0 Å². The number of carboxylic acids is 1. The van der Waals surface area contributed by atoms with E-state index < -0.39 is 12.0 Å². The Morgan fingerprint density at radius 2 is 1.94 bits per heavy atom. The van der Waals surface area contributed by atoms with Crippen LogP contribution in [0.5, 0.6) is 5.75 Å². The Morgan fingerprint density at radius 3 is 2.50 bits per heavy atom. The third-order valence-electron chi connectivity index (χ3n) is 2.56. The minimum atomic E-state index is -0.989. The first-order valence-corrected chi connectivity index (χ1v) is 6.03. The van der Waals surface area contributed by atoms with Crippen molar-refractivity contribution < 1.29 is 14.6 Å². The first kappa shape index (κ1) is 14.5. The average Bonchev–Trinajstić information content (AvgIpc) is 2.36. The first-order chi connectivity index (χ1) is 8.63. The average molecular weight is 252 g/mol. The van der Waals surface area contributed by atoms with Crippen LogP contribution < -0.4 is 16.2 Å². The summed E-state index contributed by atoms with van der Waals surface area (Å²) < 4.78 is 5.51. The summed E-state index contributed by atoms with van der Waals surface area (Å²) in [4.78, 5) is 10.6. The van der Waals surface area contributed by atoms with E-state index in [-0.39, 0.29) is 0 Å². The summed E-state index contributed by atoms with van der Waals surface area (Å²) in [5, 5.41) is 8.70. The van der Waals surface area contributed by atoms with Crippen molar-refractivity contribution >= 4 is 5.97 Å². The maximum atomic E-state index is 10.6. The minimum absolute atomic E-state index is 0.322. The molecular weight excluding hydrogens is 232 g/mol. The van der Waals surface area contributed by atoms with E-state index >= 15 is 0 Å². The van der Waals surface area contributed by atoms with E-state index in [0.29, 0.717) is 19.6 Å². The molecule has 0 saturated carbocycles. The van der Waals surface area contributed by atoms with Gasteiger partial charge >= 0.3 is 5.97 Å². The summed E-state index contributed by atoms with van der Waals surface area (Å²) in [5.74, 6) is -0.211. The molecule has 0 aromatic heterocycles. The van der Waals surface area contributed by atoms with Crippen molar-refractivity contribution in [3.63, 3.8) is 0 Å². The standard InChI is InChI=1S/C13H20N2O3/c14-7-1-2-8-18-11-5-3-10(4-6-11)9-12(15)13(16)17/h3-6,12H,1-2,7-9,14-15H2,(H,16,17)/t12-/m1/s1. The van der Waals surface area contributed by atoms with Gasteiger partial charge < -0.3 is 21.3 Å². The van der Waals surface area contributed by atoms with Gasteiger partial charge in [0.2, 0.25) is 0 Å². The van der Waals surface area contributed by atoms with Crippen LogP contribution in [0.1, 0.15) is 18.4 Å². The van der Waals surface area contributed by atoms with E-state index in [4.69, 9.17) is 21.3 Å². The van der Waals surface area contributed by atoms with Gasteiger partial charge in [-0.3, -0.25) is 4.79 Å². The number of ether oxygens (including phenoxy) is 1. The van der Waals surface area contributed by atoms with Crippen LogP contribution in [0.25, 0.3) is 0 Å². The van der Waals surface area contributed by atoms with Gasteiger partial charge in [-0.25, -0.2) is 0 Å². The van der Waals surface area contributed by atoms with Crippen LogP contribution in [0.2, 0.25) is 0 Å². The van der Waals surface area contributed by atoms with E-state index in [1.807, 2.05) is 24.3 Å². The second kappa shape index (κ2) is 7.68. The molecule has 5 N–H and O–H groups in total. The van der Waals surface area contributed by atoms with E-state index in [1.165, 1.54) is 0 Å². The normalized spacial score (nSPS) is 12.1. The van der Waals surface area contributed by atoms with Crippen LogP contribution in [0.15, 0.2) is 24.3 Å². The highest BCUT2D eigenvalue weighted by Gasteiger charge is 2.11. The highest BCUT2D eigenvalue weighted by Crippen LogP contribution is 2.13. The van der Waals surface area contributed by atoms with Gasteiger partial charge in [-0.1, -0.05) is 12.1 Å². The maximum Gasteiger partial charge on any atom is 0.320 e. The summed E-state index contributed by atoms with van der Waals surface area (Å²) in [7, 11) is 0. The number of unbranched alkanes of at least 4 members (excludes halogenated alkanes) is 1.